The first kappa shape index (κ1) is 18.2. The lowest BCUT2D eigenvalue weighted by Crippen LogP contribution is -2.35. The number of carbonyl (C=O) groups is 1. The topological polar surface area (TPSA) is 56.8 Å². The molecule has 1 aromatic carbocycles. The molecule has 0 aromatic heterocycles. The zero-order valence-electron chi connectivity index (χ0n) is 13.7. The SMILES string of the molecule is COc1cccc(OC)c1CC(=S)CNC(=O)OC(C)(C)C. The number of amides is 1. The van der Waals surface area contributed by atoms with Crippen molar-refractivity contribution in [3.63, 3.8) is 0 Å². The van der Waals surface area contributed by atoms with Crippen LogP contribution in [0.1, 0.15) is 26.3 Å². The van der Waals surface area contributed by atoms with E-state index in [0.717, 1.165) is 5.56 Å². The van der Waals surface area contributed by atoms with Crippen LogP contribution in [0.15, 0.2) is 18.2 Å². The van der Waals surface area contributed by atoms with Crippen LogP contribution in [0, 0.1) is 0 Å². The fraction of sp³-hybridized carbons (Fsp3) is 0.500. The van der Waals surface area contributed by atoms with Gasteiger partial charge in [0, 0.05) is 16.8 Å². The molecule has 1 amide bonds. The number of methoxy groups -OCH3 is 2. The summed E-state index contributed by atoms with van der Waals surface area (Å²) in [5.41, 5.74) is 0.334. The molecule has 1 rings (SSSR count). The maximum Gasteiger partial charge on any atom is 0.407 e. The highest BCUT2D eigenvalue weighted by Crippen LogP contribution is 2.28. The summed E-state index contributed by atoms with van der Waals surface area (Å²) in [5.74, 6) is 1.41. The Morgan fingerprint density at radius 3 is 2.18 bits per heavy atom. The van der Waals surface area contributed by atoms with E-state index in [0.29, 0.717) is 22.8 Å². The van der Waals surface area contributed by atoms with Crippen molar-refractivity contribution in [1.29, 1.82) is 0 Å². The van der Waals surface area contributed by atoms with E-state index in [1.807, 2.05) is 39.0 Å². The largest absolute Gasteiger partial charge is 0.496 e. The van der Waals surface area contributed by atoms with Gasteiger partial charge >= 0.3 is 6.09 Å². The monoisotopic (exact) mass is 325 g/mol. The highest BCUT2D eigenvalue weighted by Gasteiger charge is 2.17. The third-order valence-electron chi connectivity index (χ3n) is 2.73. The maximum atomic E-state index is 11.6. The number of rotatable bonds is 6. The van der Waals surface area contributed by atoms with Crippen LogP contribution in [-0.4, -0.2) is 37.3 Å². The molecule has 0 saturated heterocycles. The molecular formula is C16H23NO4S. The van der Waals surface area contributed by atoms with Gasteiger partial charge < -0.3 is 19.5 Å². The molecule has 0 aliphatic rings. The maximum absolute atomic E-state index is 11.6. The molecule has 0 saturated carbocycles. The van der Waals surface area contributed by atoms with E-state index in [2.05, 4.69) is 5.32 Å². The smallest absolute Gasteiger partial charge is 0.407 e. The Morgan fingerprint density at radius 2 is 1.73 bits per heavy atom. The lowest BCUT2D eigenvalue weighted by molar-refractivity contribution is 0.0536. The summed E-state index contributed by atoms with van der Waals surface area (Å²) in [6.07, 6.45) is -0.0139. The number of hydrogen-bond acceptors (Lipinski definition) is 5. The molecule has 0 aliphatic heterocycles. The lowest BCUT2D eigenvalue weighted by atomic mass is 10.1. The molecule has 0 spiro atoms. The quantitative estimate of drug-likeness (QED) is 0.814. The second-order valence-corrected chi connectivity index (χ2v) is 6.29. The molecule has 1 aromatic rings. The molecule has 0 heterocycles. The summed E-state index contributed by atoms with van der Waals surface area (Å²) in [4.78, 5) is 12.3. The van der Waals surface area contributed by atoms with Crippen molar-refractivity contribution in [3.05, 3.63) is 23.8 Å². The molecule has 0 fully saturated rings. The van der Waals surface area contributed by atoms with Gasteiger partial charge in [-0.2, -0.15) is 0 Å². The van der Waals surface area contributed by atoms with Crippen LogP contribution >= 0.6 is 12.2 Å². The molecule has 122 valence electrons. The molecule has 5 nitrogen and oxygen atoms in total. The van der Waals surface area contributed by atoms with Crippen LogP contribution in [-0.2, 0) is 11.2 Å². The summed E-state index contributed by atoms with van der Waals surface area (Å²) in [6, 6.07) is 5.55. The first-order valence-corrected chi connectivity index (χ1v) is 7.36. The van der Waals surface area contributed by atoms with Crippen molar-refractivity contribution >= 4 is 23.2 Å². The molecule has 0 bridgehead atoms. The molecule has 22 heavy (non-hydrogen) atoms. The molecule has 1 N–H and O–H groups in total. The first-order valence-electron chi connectivity index (χ1n) is 6.95. The van der Waals surface area contributed by atoms with Crippen molar-refractivity contribution in [2.45, 2.75) is 32.8 Å². The van der Waals surface area contributed by atoms with E-state index in [9.17, 15) is 4.79 Å². The van der Waals surface area contributed by atoms with Crippen LogP contribution in [0.25, 0.3) is 0 Å². The number of carbonyl (C=O) groups excluding carboxylic acids is 1. The minimum absolute atomic E-state index is 0.255. The number of hydrogen-bond donors (Lipinski definition) is 1. The Balaban J connectivity index is 2.64. The van der Waals surface area contributed by atoms with Crippen LogP contribution in [0.2, 0.25) is 0 Å². The van der Waals surface area contributed by atoms with Gasteiger partial charge in [0.2, 0.25) is 0 Å². The highest BCUT2D eigenvalue weighted by atomic mass is 32.1. The van der Waals surface area contributed by atoms with Gasteiger partial charge in [-0.3, -0.25) is 0 Å². The summed E-state index contributed by atoms with van der Waals surface area (Å²) >= 11 is 5.33. The minimum atomic E-state index is -0.530. The van der Waals surface area contributed by atoms with E-state index >= 15 is 0 Å². The van der Waals surface area contributed by atoms with Crippen molar-refractivity contribution in [2.24, 2.45) is 0 Å². The Morgan fingerprint density at radius 1 is 1.18 bits per heavy atom. The van der Waals surface area contributed by atoms with Gasteiger partial charge in [-0.1, -0.05) is 18.3 Å². The van der Waals surface area contributed by atoms with E-state index in [4.69, 9.17) is 26.4 Å². The number of alkyl carbamates (subject to hydrolysis) is 1. The number of benzene rings is 1. The van der Waals surface area contributed by atoms with Crippen molar-refractivity contribution < 1.29 is 19.0 Å². The van der Waals surface area contributed by atoms with E-state index < -0.39 is 11.7 Å². The summed E-state index contributed by atoms with van der Waals surface area (Å²) < 4.78 is 15.8. The standard InChI is InChI=1S/C16H23NO4S/c1-16(2,3)21-15(18)17-10-11(22)9-12-13(19-4)7-6-8-14(12)20-5/h6-8H,9-10H2,1-5H3,(H,17,18). The van der Waals surface area contributed by atoms with E-state index in [1.54, 1.807) is 14.2 Å². The lowest BCUT2D eigenvalue weighted by Gasteiger charge is -2.20. The zero-order chi connectivity index (χ0) is 16.8. The van der Waals surface area contributed by atoms with Crippen molar-refractivity contribution in [1.82, 2.24) is 5.32 Å². The minimum Gasteiger partial charge on any atom is -0.496 e. The Labute approximate surface area is 136 Å². The van der Waals surface area contributed by atoms with Crippen LogP contribution in [0.3, 0.4) is 0 Å². The third kappa shape index (κ3) is 5.89. The highest BCUT2D eigenvalue weighted by molar-refractivity contribution is 7.80. The predicted octanol–water partition coefficient (Wildman–Crippen LogP) is 3.14. The average Bonchev–Trinajstić information content (AvgIpc) is 2.43. The van der Waals surface area contributed by atoms with Crippen LogP contribution in [0.4, 0.5) is 4.79 Å². The molecular weight excluding hydrogens is 302 g/mol. The van der Waals surface area contributed by atoms with Gasteiger partial charge in [0.15, 0.2) is 0 Å². The number of thiocarbonyl (C=S) groups is 1. The summed E-state index contributed by atoms with van der Waals surface area (Å²) in [7, 11) is 3.19. The summed E-state index contributed by atoms with van der Waals surface area (Å²) in [6.45, 7) is 5.69. The molecule has 0 radical (unpaired) electrons. The Bertz CT molecular complexity index is 515. The van der Waals surface area contributed by atoms with Crippen molar-refractivity contribution in [3.8, 4) is 11.5 Å². The van der Waals surface area contributed by atoms with Crippen LogP contribution < -0.4 is 14.8 Å². The van der Waals surface area contributed by atoms with E-state index in [1.165, 1.54) is 0 Å². The van der Waals surface area contributed by atoms with Gasteiger partial charge in [0.1, 0.15) is 17.1 Å². The van der Waals surface area contributed by atoms with Gasteiger partial charge in [-0.05, 0) is 32.9 Å². The summed E-state index contributed by atoms with van der Waals surface area (Å²) in [5, 5.41) is 2.65. The second-order valence-electron chi connectivity index (χ2n) is 5.71. The third-order valence-corrected chi connectivity index (χ3v) is 3.02. The van der Waals surface area contributed by atoms with Gasteiger partial charge in [0.05, 0.1) is 20.8 Å². The van der Waals surface area contributed by atoms with E-state index in [-0.39, 0.29) is 6.54 Å². The van der Waals surface area contributed by atoms with Gasteiger partial charge in [-0.25, -0.2) is 4.79 Å². The first-order chi connectivity index (χ1) is 10.3. The fourth-order valence-electron chi connectivity index (χ4n) is 1.85. The van der Waals surface area contributed by atoms with Gasteiger partial charge in [0.25, 0.3) is 0 Å². The molecule has 0 unspecified atom stereocenters. The normalized spacial score (nSPS) is 10.8. The molecule has 0 atom stereocenters. The van der Waals surface area contributed by atoms with Gasteiger partial charge in [-0.15, -0.1) is 0 Å². The van der Waals surface area contributed by atoms with Crippen LogP contribution in [0.5, 0.6) is 11.5 Å². The average molecular weight is 325 g/mol. The molecule has 6 heteroatoms. The fourth-order valence-corrected chi connectivity index (χ4v) is 2.06. The zero-order valence-corrected chi connectivity index (χ0v) is 14.5. The van der Waals surface area contributed by atoms with Crippen molar-refractivity contribution in [2.75, 3.05) is 20.8 Å². The predicted molar refractivity (Wildman–Crippen MR) is 90.1 cm³/mol. The number of nitrogens with one attached hydrogen (secondary N) is 1. The molecule has 0 aliphatic carbocycles. The Kier molecular flexibility index (Phi) is 6.61. The second kappa shape index (κ2) is 7.98. The Hall–Kier alpha value is -1.82. The number of ether oxygens (including phenoxy) is 3.